The number of nitrogens with zero attached hydrogens (tertiary/aromatic N) is 2. The van der Waals surface area contributed by atoms with Crippen LogP contribution in [-0.2, 0) is 0 Å². The number of pyridine rings is 1. The fraction of sp³-hybridized carbons (Fsp3) is 0.208. The Morgan fingerprint density at radius 1 is 0.971 bits per heavy atom. The molecular formula is C24H25Cl3N4O3S. The zero-order chi connectivity index (χ0) is 24.7. The number of halogens is 3. The number of rotatable bonds is 9. The van der Waals surface area contributed by atoms with Gasteiger partial charge in [-0.15, -0.1) is 24.2 Å². The molecule has 186 valence electrons. The molecule has 2 N–H and O–H groups in total. The van der Waals surface area contributed by atoms with Crippen molar-refractivity contribution in [2.24, 2.45) is 0 Å². The molecule has 0 spiro atoms. The number of benzene rings is 2. The normalized spacial score (nSPS) is 10.5. The predicted molar refractivity (Wildman–Crippen MR) is 146 cm³/mol. The molecule has 0 saturated carbocycles. The summed E-state index contributed by atoms with van der Waals surface area (Å²) < 4.78 is 5.90. The van der Waals surface area contributed by atoms with Gasteiger partial charge in [0.2, 0.25) is 0 Å². The molecule has 35 heavy (non-hydrogen) atoms. The average molecular weight is 556 g/mol. The lowest BCUT2D eigenvalue weighted by Crippen LogP contribution is -2.21. The lowest BCUT2D eigenvalue weighted by molar-refractivity contribution is 0.102. The summed E-state index contributed by atoms with van der Waals surface area (Å²) in [4.78, 5) is 33.1. The van der Waals surface area contributed by atoms with Crippen LogP contribution in [0.1, 0.15) is 20.7 Å². The largest absolute Gasteiger partial charge is 0.491 e. The summed E-state index contributed by atoms with van der Waals surface area (Å²) >= 11 is 13.5. The molecule has 0 aliphatic heterocycles. The monoisotopic (exact) mass is 554 g/mol. The van der Waals surface area contributed by atoms with Gasteiger partial charge in [0.1, 0.15) is 18.2 Å². The zero-order valence-electron chi connectivity index (χ0n) is 19.3. The van der Waals surface area contributed by atoms with E-state index in [-0.39, 0.29) is 18.0 Å². The summed E-state index contributed by atoms with van der Waals surface area (Å²) in [5.74, 6) is -0.103. The molecule has 0 bridgehead atoms. The molecule has 3 aromatic rings. The first-order valence-corrected chi connectivity index (χ1v) is 12.2. The average Bonchev–Trinajstić information content (AvgIpc) is 2.81. The SMILES string of the molecule is CSc1ccc(C(=O)Nc2ccc(Cl)cc2C(=O)Nc2ccc(Cl)cn2)c(OCCN(C)C)c1.Cl. The first-order chi connectivity index (χ1) is 16.3. The van der Waals surface area contributed by atoms with E-state index in [1.54, 1.807) is 42.1 Å². The number of anilines is 2. The van der Waals surface area contributed by atoms with E-state index < -0.39 is 11.8 Å². The van der Waals surface area contributed by atoms with Crippen LogP contribution < -0.4 is 15.4 Å². The third-order valence-corrected chi connectivity index (χ3v) is 5.86. The molecule has 3 rings (SSSR count). The van der Waals surface area contributed by atoms with Gasteiger partial charge in [-0.05, 0) is 68.9 Å². The van der Waals surface area contributed by atoms with Gasteiger partial charge in [0.25, 0.3) is 11.8 Å². The van der Waals surface area contributed by atoms with Crippen LogP contribution in [0.3, 0.4) is 0 Å². The second-order valence-electron chi connectivity index (χ2n) is 7.47. The van der Waals surface area contributed by atoms with Crippen molar-refractivity contribution in [1.82, 2.24) is 9.88 Å². The number of aromatic nitrogens is 1. The Labute approximate surface area is 224 Å². The van der Waals surface area contributed by atoms with E-state index >= 15 is 0 Å². The number of hydrogen-bond acceptors (Lipinski definition) is 6. The summed E-state index contributed by atoms with van der Waals surface area (Å²) in [6, 6.07) is 13.2. The maximum atomic E-state index is 13.2. The van der Waals surface area contributed by atoms with Gasteiger partial charge in [-0.3, -0.25) is 9.59 Å². The molecule has 0 saturated heterocycles. The second kappa shape index (κ2) is 13.6. The fourth-order valence-electron chi connectivity index (χ4n) is 2.91. The van der Waals surface area contributed by atoms with E-state index in [1.807, 2.05) is 37.4 Å². The third-order valence-electron chi connectivity index (χ3n) is 4.67. The van der Waals surface area contributed by atoms with Gasteiger partial charge >= 0.3 is 0 Å². The van der Waals surface area contributed by atoms with Crippen LogP contribution >= 0.6 is 47.4 Å². The van der Waals surface area contributed by atoms with Crippen LogP contribution in [0.25, 0.3) is 0 Å². The van der Waals surface area contributed by atoms with Gasteiger partial charge in [0.15, 0.2) is 0 Å². The highest BCUT2D eigenvalue weighted by Gasteiger charge is 2.19. The van der Waals surface area contributed by atoms with Gasteiger partial charge in [0, 0.05) is 22.7 Å². The van der Waals surface area contributed by atoms with E-state index in [1.165, 1.54) is 12.3 Å². The second-order valence-corrected chi connectivity index (χ2v) is 9.23. The van der Waals surface area contributed by atoms with Gasteiger partial charge in [-0.1, -0.05) is 23.2 Å². The number of hydrogen-bond donors (Lipinski definition) is 2. The minimum atomic E-state index is -0.479. The van der Waals surface area contributed by atoms with Crippen LogP contribution in [0.4, 0.5) is 11.5 Å². The van der Waals surface area contributed by atoms with E-state index in [4.69, 9.17) is 27.9 Å². The van der Waals surface area contributed by atoms with Crippen molar-refractivity contribution >= 4 is 70.7 Å². The zero-order valence-corrected chi connectivity index (χ0v) is 22.4. The number of ether oxygens (including phenoxy) is 1. The van der Waals surface area contributed by atoms with Crippen molar-refractivity contribution in [3.05, 3.63) is 75.9 Å². The summed E-state index contributed by atoms with van der Waals surface area (Å²) in [5.41, 5.74) is 0.847. The highest BCUT2D eigenvalue weighted by atomic mass is 35.5. The Morgan fingerprint density at radius 3 is 2.34 bits per heavy atom. The van der Waals surface area contributed by atoms with E-state index in [9.17, 15) is 9.59 Å². The number of carbonyl (C=O) groups is 2. The highest BCUT2D eigenvalue weighted by molar-refractivity contribution is 7.98. The van der Waals surface area contributed by atoms with Crippen molar-refractivity contribution in [2.45, 2.75) is 4.90 Å². The molecule has 2 amide bonds. The Balaban J connectivity index is 0.00000432. The fourth-order valence-corrected chi connectivity index (χ4v) is 3.62. The quantitative estimate of drug-likeness (QED) is 0.316. The minimum Gasteiger partial charge on any atom is -0.491 e. The maximum Gasteiger partial charge on any atom is 0.259 e. The Morgan fingerprint density at radius 2 is 1.69 bits per heavy atom. The number of thioether (sulfide) groups is 1. The summed E-state index contributed by atoms with van der Waals surface area (Å²) in [5, 5.41) is 6.29. The van der Waals surface area contributed by atoms with Crippen molar-refractivity contribution in [1.29, 1.82) is 0 Å². The molecule has 0 aliphatic rings. The topological polar surface area (TPSA) is 83.6 Å². The molecule has 2 aromatic carbocycles. The molecule has 0 aliphatic carbocycles. The summed E-state index contributed by atoms with van der Waals surface area (Å²) in [7, 11) is 3.89. The van der Waals surface area contributed by atoms with Crippen LogP contribution in [0.2, 0.25) is 10.0 Å². The van der Waals surface area contributed by atoms with Gasteiger partial charge in [0.05, 0.1) is 21.8 Å². The van der Waals surface area contributed by atoms with Crippen LogP contribution in [-0.4, -0.2) is 55.2 Å². The standard InChI is InChI=1S/C24H24Cl2N4O3S.ClH/c1-30(2)10-11-33-21-13-17(34-3)6-7-18(21)23(31)28-20-8-4-15(25)12-19(20)24(32)29-22-9-5-16(26)14-27-22;/h4-9,12-14H,10-11H2,1-3H3,(H,28,31)(H,27,29,32);1H. The number of likely N-dealkylation sites (N-methyl/N-ethyl adjacent to an activating group) is 1. The number of amides is 2. The molecular weight excluding hydrogens is 531 g/mol. The molecule has 0 atom stereocenters. The van der Waals surface area contributed by atoms with E-state index in [0.717, 1.165) is 4.90 Å². The maximum absolute atomic E-state index is 13.2. The molecule has 0 fully saturated rings. The van der Waals surface area contributed by atoms with Crippen molar-refractivity contribution in [3.63, 3.8) is 0 Å². The third kappa shape index (κ3) is 8.30. The first kappa shape index (κ1) is 28.7. The molecule has 7 nitrogen and oxygen atoms in total. The number of carbonyl (C=O) groups excluding carboxylic acids is 2. The van der Waals surface area contributed by atoms with Gasteiger partial charge < -0.3 is 20.3 Å². The van der Waals surface area contributed by atoms with Gasteiger partial charge in [-0.25, -0.2) is 4.98 Å². The lowest BCUT2D eigenvalue weighted by atomic mass is 10.1. The minimum absolute atomic E-state index is 0. The molecule has 1 heterocycles. The lowest BCUT2D eigenvalue weighted by Gasteiger charge is -2.16. The highest BCUT2D eigenvalue weighted by Crippen LogP contribution is 2.28. The summed E-state index contributed by atoms with van der Waals surface area (Å²) in [6.45, 7) is 1.12. The Hall–Kier alpha value is -2.49. The van der Waals surface area contributed by atoms with Crippen molar-refractivity contribution in [2.75, 3.05) is 44.1 Å². The van der Waals surface area contributed by atoms with Crippen molar-refractivity contribution in [3.8, 4) is 5.75 Å². The molecule has 11 heteroatoms. The smallest absolute Gasteiger partial charge is 0.259 e. The van der Waals surface area contributed by atoms with E-state index in [0.29, 0.717) is 46.0 Å². The van der Waals surface area contributed by atoms with Gasteiger partial charge in [-0.2, -0.15) is 0 Å². The van der Waals surface area contributed by atoms with Crippen LogP contribution in [0.5, 0.6) is 5.75 Å². The predicted octanol–water partition coefficient (Wildman–Crippen LogP) is 5.98. The Kier molecular flexibility index (Phi) is 11.1. The van der Waals surface area contributed by atoms with E-state index in [2.05, 4.69) is 15.6 Å². The molecule has 0 unspecified atom stereocenters. The van der Waals surface area contributed by atoms with Crippen LogP contribution in [0, 0.1) is 0 Å². The number of nitrogens with one attached hydrogen (secondary N) is 2. The van der Waals surface area contributed by atoms with Crippen LogP contribution in [0.15, 0.2) is 59.6 Å². The van der Waals surface area contributed by atoms with Crippen molar-refractivity contribution < 1.29 is 14.3 Å². The molecule has 0 radical (unpaired) electrons. The first-order valence-electron chi connectivity index (χ1n) is 10.3. The molecule has 1 aromatic heterocycles. The summed E-state index contributed by atoms with van der Waals surface area (Å²) in [6.07, 6.45) is 3.38. The Bertz CT molecular complexity index is 1180.